The molecule has 2 aliphatic rings. The fourth-order valence-electron chi connectivity index (χ4n) is 8.46. The number of carbonyl (C=O) groups is 2. The molecule has 2 amide bonds. The van der Waals surface area contributed by atoms with Crippen molar-refractivity contribution in [2.45, 2.75) is 54.6 Å². The topological polar surface area (TPSA) is 187 Å². The van der Waals surface area contributed by atoms with Crippen LogP contribution in [-0.2, 0) is 31.1 Å². The van der Waals surface area contributed by atoms with Crippen molar-refractivity contribution in [3.63, 3.8) is 0 Å². The zero-order valence-electron chi connectivity index (χ0n) is 39.7. The summed E-state index contributed by atoms with van der Waals surface area (Å²) in [5.41, 5.74) is -2.57. The van der Waals surface area contributed by atoms with Crippen LogP contribution in [0.3, 0.4) is 0 Å². The smallest absolute Gasteiger partial charge is 0.455 e. The Bertz CT molecular complexity index is 3150. The quantitative estimate of drug-likeness (QED) is 0.0830. The number of alkyl halides is 3. The molecule has 3 N–H and O–H groups in total. The highest BCUT2D eigenvalue weighted by Crippen LogP contribution is 2.37. The lowest BCUT2D eigenvalue weighted by atomic mass is 9.99. The largest absolute Gasteiger partial charge is 0.501 e. The third-order valence-corrected chi connectivity index (χ3v) is 15.3. The van der Waals surface area contributed by atoms with E-state index < -0.39 is 58.4 Å². The van der Waals surface area contributed by atoms with Gasteiger partial charge in [-0.1, -0.05) is 48.0 Å². The van der Waals surface area contributed by atoms with Gasteiger partial charge in [0.2, 0.25) is 0 Å². The molecule has 0 unspecified atom stereocenters. The van der Waals surface area contributed by atoms with Gasteiger partial charge in [-0.05, 0) is 105 Å². The van der Waals surface area contributed by atoms with Gasteiger partial charge >= 0.3 is 11.6 Å². The van der Waals surface area contributed by atoms with Gasteiger partial charge in [0.1, 0.15) is 27.6 Å². The molecule has 16 nitrogen and oxygen atoms in total. The molecule has 382 valence electrons. The molecule has 6 aromatic rings. The number of piperazine rings is 2. The first-order valence-electron chi connectivity index (χ1n) is 23.2. The Morgan fingerprint density at radius 2 is 1.53 bits per heavy atom. The van der Waals surface area contributed by atoms with E-state index in [4.69, 9.17) is 21.1 Å². The van der Waals surface area contributed by atoms with E-state index in [-0.39, 0.29) is 23.6 Å². The van der Waals surface area contributed by atoms with Gasteiger partial charge in [0.25, 0.3) is 25.8 Å². The second-order valence-electron chi connectivity index (χ2n) is 18.4. The van der Waals surface area contributed by atoms with Crippen LogP contribution in [0.15, 0.2) is 119 Å². The van der Waals surface area contributed by atoms with E-state index in [2.05, 4.69) is 37.2 Å². The Labute approximate surface area is 421 Å². The number of nitrogens with one attached hydrogen (secondary N) is 3. The number of pyridine rings is 1. The van der Waals surface area contributed by atoms with Crippen molar-refractivity contribution in [2.24, 2.45) is 0 Å². The maximum atomic E-state index is 14.1. The Morgan fingerprint density at radius 1 is 0.819 bits per heavy atom. The number of aromatic nitrogens is 2. The Balaban J connectivity index is 0.969. The lowest BCUT2D eigenvalue weighted by Gasteiger charge is -2.36. The number of nitrogens with zero attached hydrogens (tertiary/aromatic N) is 5. The molecule has 0 aliphatic carbocycles. The van der Waals surface area contributed by atoms with Crippen LogP contribution < -0.4 is 19.7 Å². The first-order valence-corrected chi connectivity index (χ1v) is 26.5. The van der Waals surface area contributed by atoms with Crippen molar-refractivity contribution in [3.05, 3.63) is 126 Å². The summed E-state index contributed by atoms with van der Waals surface area (Å²) in [6, 6.07) is 26.2. The van der Waals surface area contributed by atoms with E-state index in [0.29, 0.717) is 99.7 Å². The van der Waals surface area contributed by atoms with E-state index in [1.165, 1.54) is 12.3 Å². The molecular weight excluding hydrogens is 997 g/mol. The summed E-state index contributed by atoms with van der Waals surface area (Å²) < 4.78 is 110. The van der Waals surface area contributed by atoms with Crippen LogP contribution in [0.1, 0.15) is 43.1 Å². The molecule has 0 atom stereocenters. The van der Waals surface area contributed by atoms with Crippen LogP contribution in [0, 0.1) is 0 Å². The summed E-state index contributed by atoms with van der Waals surface area (Å²) in [4.78, 5) is 39.7. The van der Waals surface area contributed by atoms with Gasteiger partial charge in [-0.3, -0.25) is 14.6 Å². The first kappa shape index (κ1) is 51.9. The number of fused-ring (bicyclic) bond motifs is 1. The molecule has 2 saturated heterocycles. The van der Waals surface area contributed by atoms with Crippen LogP contribution in [0.5, 0.6) is 11.5 Å². The Morgan fingerprint density at radius 3 is 2.24 bits per heavy atom. The normalized spacial score (nSPS) is 15.4. The van der Waals surface area contributed by atoms with E-state index in [1.54, 1.807) is 56.1 Å². The van der Waals surface area contributed by atoms with Crippen LogP contribution in [0.25, 0.3) is 22.2 Å². The van der Waals surface area contributed by atoms with Crippen molar-refractivity contribution in [2.75, 3.05) is 75.7 Å². The number of rotatable bonds is 15. The molecular formula is C50H54ClF3N8O8S2. The molecule has 0 spiro atoms. The maximum Gasteiger partial charge on any atom is 0.501 e. The molecule has 2 aromatic heterocycles. The van der Waals surface area contributed by atoms with Crippen LogP contribution in [0.4, 0.5) is 29.3 Å². The number of benzene rings is 4. The molecule has 0 saturated carbocycles. The van der Waals surface area contributed by atoms with E-state index in [9.17, 15) is 39.6 Å². The highest BCUT2D eigenvalue weighted by Gasteiger charge is 2.48. The number of sulfone groups is 1. The number of amides is 2. The molecule has 0 bridgehead atoms. The second-order valence-corrected chi connectivity index (χ2v) is 22.5. The zero-order chi connectivity index (χ0) is 51.4. The fraction of sp³-hybridized carbons (Fsp3) is 0.340. The van der Waals surface area contributed by atoms with Crippen LogP contribution >= 0.6 is 11.6 Å². The van der Waals surface area contributed by atoms with E-state index in [1.807, 2.05) is 46.0 Å². The number of H-pyrrole nitrogens is 1. The fourth-order valence-corrected chi connectivity index (χ4v) is 10.6. The van der Waals surface area contributed by atoms with E-state index >= 15 is 0 Å². The van der Waals surface area contributed by atoms with Crippen LogP contribution in [0.2, 0.25) is 5.02 Å². The SMILES string of the molecule is CC(C)(C)OC(=O)N1CCN(CCCNc2ccc(S(=O)(=O)NC(=O)c3ccc(N4CCN(Cc5ccccc5-c5ccc(Cl)cc5)CC4)cc3Oc3cnc4[nH]ccc4c3)cc2S(=O)(=O)C(F)(F)F)CC1. The van der Waals surface area contributed by atoms with Crippen molar-refractivity contribution in [1.29, 1.82) is 0 Å². The number of sulfonamides is 1. The molecule has 0 radical (unpaired) electrons. The summed E-state index contributed by atoms with van der Waals surface area (Å²) in [5, 5.41) is 4.07. The average molecular weight is 1050 g/mol. The second kappa shape index (κ2) is 21.4. The minimum absolute atomic E-state index is 0.0240. The maximum absolute atomic E-state index is 14.1. The van der Waals surface area contributed by atoms with Gasteiger partial charge in [0.15, 0.2) is 0 Å². The van der Waals surface area contributed by atoms with Gasteiger partial charge in [-0.2, -0.15) is 13.2 Å². The molecule has 8 rings (SSSR count). The third-order valence-electron chi connectivity index (χ3n) is 12.2. The molecule has 4 heterocycles. The number of halogens is 4. The zero-order valence-corrected chi connectivity index (χ0v) is 42.1. The van der Waals surface area contributed by atoms with Gasteiger partial charge in [0.05, 0.1) is 22.3 Å². The highest BCUT2D eigenvalue weighted by atomic mass is 35.5. The highest BCUT2D eigenvalue weighted by molar-refractivity contribution is 7.92. The van der Waals surface area contributed by atoms with Crippen molar-refractivity contribution < 1.29 is 49.1 Å². The van der Waals surface area contributed by atoms with Gasteiger partial charge < -0.3 is 29.6 Å². The first-order chi connectivity index (χ1) is 34.1. The number of ether oxygens (including phenoxy) is 2. The number of aromatic amines is 1. The number of hydrogen-bond acceptors (Lipinski definition) is 13. The summed E-state index contributed by atoms with van der Waals surface area (Å²) >= 11 is 6.15. The van der Waals surface area contributed by atoms with Crippen molar-refractivity contribution >= 4 is 65.9 Å². The van der Waals surface area contributed by atoms with E-state index in [0.717, 1.165) is 28.8 Å². The predicted octanol–water partition coefficient (Wildman–Crippen LogP) is 8.76. The molecule has 72 heavy (non-hydrogen) atoms. The summed E-state index contributed by atoms with van der Waals surface area (Å²) in [5.74, 6) is -1.00. The lowest BCUT2D eigenvalue weighted by Crippen LogP contribution is -2.50. The third kappa shape index (κ3) is 12.4. The van der Waals surface area contributed by atoms with Gasteiger partial charge in [0, 0.05) is 93.8 Å². The Kier molecular flexibility index (Phi) is 15.4. The summed E-state index contributed by atoms with van der Waals surface area (Å²) in [7, 11) is -11.1. The monoisotopic (exact) mass is 1050 g/mol. The minimum Gasteiger partial charge on any atom is -0.455 e. The van der Waals surface area contributed by atoms with Gasteiger partial charge in [-0.25, -0.2) is 31.3 Å². The standard InChI is InChI=1S/C50H54ClF3N8O8S2/c1-49(2,3)70-48(64)62-27-21-59(22-28-62)20-6-18-55-43-16-14-40(31-45(43)71(65,66)50(52,53)54)72(67,68)58-47(63)42-15-13-38(30-44(42)69-39-29-35-17-19-56-46(35)57-32-39)61-25-23-60(24-26-61)33-36-7-4-5-8-41(36)34-9-11-37(51)12-10-34/h4-5,7-17,19,29-32,55H,6,18,20-28,33H2,1-3H3,(H,56,57)(H,58,63). The molecule has 4 aromatic carbocycles. The Hall–Kier alpha value is -6.39. The summed E-state index contributed by atoms with van der Waals surface area (Å²) in [6.07, 6.45) is 3.06. The van der Waals surface area contributed by atoms with Gasteiger partial charge in [-0.15, -0.1) is 0 Å². The number of anilines is 2. The van der Waals surface area contributed by atoms with Crippen molar-refractivity contribution in [1.82, 2.24) is 29.4 Å². The van der Waals surface area contributed by atoms with Crippen LogP contribution in [-0.4, -0.2) is 130 Å². The molecule has 2 fully saturated rings. The lowest BCUT2D eigenvalue weighted by molar-refractivity contribution is -0.0436. The minimum atomic E-state index is -6.10. The molecule has 2 aliphatic heterocycles. The van der Waals surface area contributed by atoms with Crippen molar-refractivity contribution in [3.8, 4) is 22.6 Å². The number of hydrogen-bond donors (Lipinski definition) is 3. The average Bonchev–Trinajstić information content (AvgIpc) is 3.81. The summed E-state index contributed by atoms with van der Waals surface area (Å²) in [6.45, 7) is 11.0. The predicted molar refractivity (Wildman–Crippen MR) is 269 cm³/mol. The molecule has 22 heteroatoms. The number of carbonyl (C=O) groups excluding carboxylic acids is 2.